The number of para-hydroxylation sites is 2. The number of hydrogen-bond acceptors (Lipinski definition) is 0. The summed E-state index contributed by atoms with van der Waals surface area (Å²) < 4.78 is 119. The van der Waals surface area contributed by atoms with E-state index in [2.05, 4.69) is 0 Å². The molecular formula is C13H10F9N2+. The molecule has 1 aromatic carbocycles. The molecule has 0 aliphatic heterocycles. The number of rotatable bonds is 3. The largest absolute Gasteiger partial charge is 0.460 e. The van der Waals surface area contributed by atoms with Gasteiger partial charge in [0.05, 0.1) is 14.1 Å². The minimum absolute atomic E-state index is 0.0409. The molecule has 134 valence electrons. The number of fused-ring (bicyclic) bond motifs is 1. The molecule has 0 amide bonds. The summed E-state index contributed by atoms with van der Waals surface area (Å²) in [7, 11) is 1.74. The van der Waals surface area contributed by atoms with Gasteiger partial charge in [0.1, 0.15) is 0 Å². The van der Waals surface area contributed by atoms with Crippen LogP contribution in [0.2, 0.25) is 0 Å². The van der Waals surface area contributed by atoms with Gasteiger partial charge in [-0.05, 0) is 12.1 Å². The van der Waals surface area contributed by atoms with E-state index in [-0.39, 0.29) is 11.0 Å². The Bertz CT molecular complexity index is 735. The Morgan fingerprint density at radius 1 is 0.833 bits per heavy atom. The van der Waals surface area contributed by atoms with Gasteiger partial charge >= 0.3 is 29.8 Å². The van der Waals surface area contributed by atoms with Crippen molar-refractivity contribution >= 4 is 11.0 Å². The molecule has 0 atom stereocenters. The van der Waals surface area contributed by atoms with Crippen LogP contribution in [0.3, 0.4) is 0 Å². The third-order valence-electron chi connectivity index (χ3n) is 3.67. The van der Waals surface area contributed by atoms with Gasteiger partial charge in [0, 0.05) is 0 Å². The van der Waals surface area contributed by atoms with Crippen LogP contribution in [-0.2, 0) is 20.0 Å². The number of benzene rings is 1. The maximum absolute atomic E-state index is 14.1. The van der Waals surface area contributed by atoms with Crippen LogP contribution in [0.15, 0.2) is 24.3 Å². The fraction of sp³-hybridized carbons (Fsp3) is 0.462. The molecule has 11 heteroatoms. The fourth-order valence-electron chi connectivity index (χ4n) is 2.42. The first-order valence-corrected chi connectivity index (χ1v) is 6.32. The van der Waals surface area contributed by atoms with Crippen molar-refractivity contribution in [3.8, 4) is 0 Å². The lowest BCUT2D eigenvalue weighted by atomic mass is 10.0. The summed E-state index contributed by atoms with van der Waals surface area (Å²) in [6.07, 6.45) is -6.84. The van der Waals surface area contributed by atoms with Crippen molar-refractivity contribution in [1.29, 1.82) is 0 Å². The van der Waals surface area contributed by atoms with E-state index in [1.807, 2.05) is 0 Å². The molecule has 1 aromatic heterocycles. The minimum Gasteiger partial charge on any atom is -0.224 e. The molecule has 0 bridgehead atoms. The zero-order chi connectivity index (χ0) is 18.7. The topological polar surface area (TPSA) is 8.81 Å². The molecular weight excluding hydrogens is 355 g/mol. The number of imidazole rings is 1. The average molecular weight is 365 g/mol. The van der Waals surface area contributed by atoms with Crippen LogP contribution in [0.4, 0.5) is 39.5 Å². The second-order valence-electron chi connectivity index (χ2n) is 5.15. The lowest BCUT2D eigenvalue weighted by molar-refractivity contribution is -0.668. The molecule has 2 nitrogen and oxygen atoms in total. The molecule has 0 saturated carbocycles. The summed E-state index contributed by atoms with van der Waals surface area (Å²) in [5.74, 6) is -21.1. The van der Waals surface area contributed by atoms with Gasteiger partial charge in [-0.25, -0.2) is 9.13 Å². The number of aryl methyl sites for hydroxylation is 2. The Kier molecular flexibility index (Phi) is 3.85. The Balaban J connectivity index is 2.76. The molecule has 2 aromatic rings. The molecule has 1 heterocycles. The van der Waals surface area contributed by atoms with E-state index in [9.17, 15) is 39.5 Å². The predicted octanol–water partition coefficient (Wildman–Crippen LogP) is 3.93. The lowest BCUT2D eigenvalue weighted by Crippen LogP contribution is -2.62. The smallest absolute Gasteiger partial charge is 0.224 e. The molecule has 0 radical (unpaired) electrons. The van der Waals surface area contributed by atoms with Crippen LogP contribution in [0.25, 0.3) is 11.0 Å². The highest BCUT2D eigenvalue weighted by atomic mass is 19.4. The Morgan fingerprint density at radius 3 is 1.79 bits per heavy atom. The van der Waals surface area contributed by atoms with Gasteiger partial charge in [-0.3, -0.25) is 0 Å². The van der Waals surface area contributed by atoms with Crippen molar-refractivity contribution in [2.45, 2.75) is 23.9 Å². The quantitative estimate of drug-likeness (QED) is 0.576. The van der Waals surface area contributed by atoms with Gasteiger partial charge in [0.2, 0.25) is 0 Å². The SMILES string of the molecule is Cn1c(C(F)(F)C(F)(F)C(F)(F)C(F)(F)F)[n+](C)c2ccccc21. The fourth-order valence-corrected chi connectivity index (χ4v) is 2.42. The van der Waals surface area contributed by atoms with E-state index in [4.69, 9.17) is 0 Å². The van der Waals surface area contributed by atoms with Crippen LogP contribution in [0.5, 0.6) is 0 Å². The molecule has 24 heavy (non-hydrogen) atoms. The minimum atomic E-state index is -6.92. The molecule has 0 unspecified atom stereocenters. The van der Waals surface area contributed by atoms with E-state index in [1.165, 1.54) is 24.3 Å². The molecule has 2 rings (SSSR count). The first kappa shape index (κ1) is 18.4. The monoisotopic (exact) mass is 365 g/mol. The average Bonchev–Trinajstić information content (AvgIpc) is 2.70. The first-order chi connectivity index (χ1) is 10.7. The van der Waals surface area contributed by atoms with Crippen molar-refractivity contribution in [1.82, 2.24) is 4.57 Å². The van der Waals surface area contributed by atoms with Crippen molar-refractivity contribution < 1.29 is 44.1 Å². The van der Waals surface area contributed by atoms with Crippen LogP contribution in [0.1, 0.15) is 5.82 Å². The van der Waals surface area contributed by atoms with Crippen molar-refractivity contribution in [2.75, 3.05) is 0 Å². The van der Waals surface area contributed by atoms with E-state index in [1.54, 1.807) is 0 Å². The Labute approximate surface area is 129 Å². The van der Waals surface area contributed by atoms with Crippen molar-refractivity contribution in [3.63, 3.8) is 0 Å². The lowest BCUT2D eigenvalue weighted by Gasteiger charge is -2.31. The van der Waals surface area contributed by atoms with Crippen LogP contribution >= 0.6 is 0 Å². The second-order valence-corrected chi connectivity index (χ2v) is 5.15. The third kappa shape index (κ3) is 2.16. The van der Waals surface area contributed by atoms with E-state index in [0.717, 1.165) is 14.1 Å². The van der Waals surface area contributed by atoms with Gasteiger partial charge < -0.3 is 0 Å². The zero-order valence-electron chi connectivity index (χ0n) is 12.1. The maximum atomic E-state index is 14.1. The number of hydrogen-bond donors (Lipinski definition) is 0. The summed E-state index contributed by atoms with van der Waals surface area (Å²) in [6, 6.07) is 5.20. The van der Waals surface area contributed by atoms with Gasteiger partial charge in [-0.15, -0.1) is 0 Å². The van der Waals surface area contributed by atoms with Crippen LogP contribution in [-0.4, -0.2) is 22.6 Å². The number of aromatic nitrogens is 2. The summed E-state index contributed by atoms with van der Waals surface area (Å²) in [4.78, 5) is 0. The molecule has 0 fully saturated rings. The highest BCUT2D eigenvalue weighted by molar-refractivity contribution is 5.72. The van der Waals surface area contributed by atoms with Crippen molar-refractivity contribution in [2.24, 2.45) is 14.1 Å². The highest BCUT2D eigenvalue weighted by Gasteiger charge is 2.84. The van der Waals surface area contributed by atoms with Gasteiger partial charge in [-0.1, -0.05) is 12.1 Å². The first-order valence-electron chi connectivity index (χ1n) is 6.32. The molecule has 0 spiro atoms. The number of halogens is 9. The Hall–Kier alpha value is -1.94. The summed E-state index contributed by atoms with van der Waals surface area (Å²) in [5, 5.41) is 0. The second kappa shape index (κ2) is 5.03. The predicted molar refractivity (Wildman–Crippen MR) is 63.9 cm³/mol. The standard InChI is InChI=1S/C13H10F9N2/c1-23-7-5-3-4-6-8(7)24(2)9(23)10(14,15)11(16,17)12(18,19)13(20,21)22/h3-6H,1-2H3/q+1. The van der Waals surface area contributed by atoms with Crippen molar-refractivity contribution in [3.05, 3.63) is 30.1 Å². The summed E-state index contributed by atoms with van der Waals surface area (Å²) >= 11 is 0. The van der Waals surface area contributed by atoms with Gasteiger partial charge in [0.25, 0.3) is 0 Å². The van der Waals surface area contributed by atoms with Gasteiger partial charge in [-0.2, -0.15) is 39.5 Å². The zero-order valence-corrected chi connectivity index (χ0v) is 12.1. The molecule has 0 aliphatic rings. The summed E-state index contributed by atoms with van der Waals surface area (Å²) in [6.45, 7) is 0. The van der Waals surface area contributed by atoms with Crippen LogP contribution in [0, 0.1) is 0 Å². The van der Waals surface area contributed by atoms with Gasteiger partial charge in [0.15, 0.2) is 11.0 Å². The molecule has 0 aliphatic carbocycles. The van der Waals surface area contributed by atoms with E-state index >= 15 is 0 Å². The summed E-state index contributed by atoms with van der Waals surface area (Å²) in [5.41, 5.74) is -0.0819. The highest BCUT2D eigenvalue weighted by Crippen LogP contribution is 2.56. The normalized spacial score (nSPS) is 14.5. The molecule has 0 N–H and O–H groups in total. The molecule has 0 saturated heterocycles. The Morgan fingerprint density at radius 2 is 1.33 bits per heavy atom. The third-order valence-corrected chi connectivity index (χ3v) is 3.67. The van der Waals surface area contributed by atoms with E-state index in [0.29, 0.717) is 9.13 Å². The van der Waals surface area contributed by atoms with Crippen LogP contribution < -0.4 is 4.57 Å². The van der Waals surface area contributed by atoms with E-state index < -0.39 is 29.8 Å². The maximum Gasteiger partial charge on any atom is 0.460 e. The number of nitrogens with zero attached hydrogens (tertiary/aromatic N) is 2. The number of alkyl halides is 9.